The van der Waals surface area contributed by atoms with E-state index in [4.69, 9.17) is 22.4 Å². The van der Waals surface area contributed by atoms with Gasteiger partial charge in [0.15, 0.2) is 6.29 Å². The average Bonchev–Trinajstić information content (AvgIpc) is 3.39. The van der Waals surface area contributed by atoms with Crippen LogP contribution >= 0.6 is 39.1 Å². The van der Waals surface area contributed by atoms with Gasteiger partial charge in [0.25, 0.3) is 0 Å². The molecule has 0 heterocycles. The first kappa shape index (κ1) is 73.4. The average molecular weight is 1230 g/mol. The van der Waals surface area contributed by atoms with Crippen LogP contribution in [0.5, 0.6) is 0 Å². The number of rotatable bonds is 8. The number of carbonyl (C=O) groups is 1. The number of hydrogen-bond donors (Lipinski definition) is 0. The van der Waals surface area contributed by atoms with Crippen LogP contribution in [-0.4, -0.2) is 13.0 Å². The summed E-state index contributed by atoms with van der Waals surface area (Å²) >= 11 is 6.35. The Labute approximate surface area is 476 Å². The third kappa shape index (κ3) is 25.5. The fraction of sp³-hybridized carbons (Fsp3) is 0.121. The van der Waals surface area contributed by atoms with E-state index < -0.39 is 13.1 Å². The summed E-state index contributed by atoms with van der Waals surface area (Å²) < 4.78 is 51.4. The minimum Gasteiger partial charge on any atom is -1.00 e. The Morgan fingerprint density at radius 2 is 0.917 bits per heavy atom. The topological polar surface area (TPSA) is 88.4 Å². The third-order valence-corrected chi connectivity index (χ3v) is 14.8. The van der Waals surface area contributed by atoms with Crippen molar-refractivity contribution in [2.45, 2.75) is 40.5 Å². The van der Waals surface area contributed by atoms with Gasteiger partial charge >= 0.3 is 35.9 Å². The van der Waals surface area contributed by atoms with Crippen LogP contribution in [0.25, 0.3) is 12.2 Å². The van der Waals surface area contributed by atoms with Gasteiger partial charge in [0.1, 0.15) is 46.4 Å². The Morgan fingerprint density at radius 3 is 1.22 bits per heavy atom. The molecule has 0 N–H and O–H groups in total. The molecule has 0 amide bonds. The smallest absolute Gasteiger partial charge is 1.00 e. The number of aryl methyl sites for hydroxylation is 1. The van der Waals surface area contributed by atoms with E-state index in [0.717, 1.165) is 22.0 Å². The van der Waals surface area contributed by atoms with Crippen molar-refractivity contribution in [3.8, 4) is 12.1 Å². The molecule has 7 aromatic carbocycles. The molecule has 0 saturated heterocycles. The molecule has 4 nitrogen and oxygen atoms in total. The van der Waals surface area contributed by atoms with E-state index >= 15 is 0 Å². The van der Waals surface area contributed by atoms with Crippen molar-refractivity contribution in [1.82, 2.24) is 0 Å². The maximum Gasteiger partial charge on any atom is 1.00 e. The molecule has 0 saturated carbocycles. The Morgan fingerprint density at radius 1 is 0.597 bits per heavy atom. The molecule has 0 fully saturated rings. The van der Waals surface area contributed by atoms with Gasteiger partial charge in [-0.25, -0.2) is 17.6 Å². The van der Waals surface area contributed by atoms with E-state index in [-0.39, 0.29) is 77.8 Å². The first-order chi connectivity index (χ1) is 32.8. The number of carbonyl (C=O) groups excluding carboxylic acids is 1. The second-order valence-electron chi connectivity index (χ2n) is 13.8. The second kappa shape index (κ2) is 42.4. The largest absolute Gasteiger partial charge is 1.00 e. The normalized spacial score (nSPS) is 8.92. The van der Waals surface area contributed by atoms with Crippen LogP contribution in [0.15, 0.2) is 186 Å². The van der Waals surface area contributed by atoms with Gasteiger partial charge in [0.05, 0.1) is 29.9 Å². The molecule has 0 atom stereocenters. The summed E-state index contributed by atoms with van der Waals surface area (Å²) in [6.07, 6.45) is 6.64. The fourth-order valence-corrected chi connectivity index (χ4v) is 9.62. The molecule has 0 aliphatic rings. The molecule has 0 unspecified atom stereocenters. The van der Waals surface area contributed by atoms with Gasteiger partial charge < -0.3 is 35.7 Å². The molecule has 374 valence electrons. The minimum atomic E-state index is -1.53. The number of unbranched alkanes of at least 4 members (excludes halogenated alkanes) is 1. The molecule has 0 aliphatic heterocycles. The van der Waals surface area contributed by atoms with E-state index in [1.54, 1.807) is 12.1 Å². The number of nitriles is 2. The van der Waals surface area contributed by atoms with E-state index in [1.165, 1.54) is 95.1 Å². The van der Waals surface area contributed by atoms with Gasteiger partial charge in [-0.05, 0) is 132 Å². The Kier molecular flexibility index (Phi) is 43.2. The van der Waals surface area contributed by atoms with Crippen molar-refractivity contribution >= 4 is 73.5 Å². The summed E-state index contributed by atoms with van der Waals surface area (Å²) in [5.41, 5.74) is 3.43. The number of halogens is 7. The molecular weight excluding hydrogens is 1170 g/mol. The predicted octanol–water partition coefficient (Wildman–Crippen LogP) is 10.2. The minimum absolute atomic E-state index is 0. The first-order valence-electron chi connectivity index (χ1n) is 20.8. The van der Waals surface area contributed by atoms with Crippen LogP contribution in [0.4, 0.5) is 17.6 Å². The van der Waals surface area contributed by atoms with Crippen LogP contribution in [0, 0.1) is 64.7 Å². The quantitative estimate of drug-likeness (QED) is 0.0499. The van der Waals surface area contributed by atoms with Gasteiger partial charge in [0.2, 0.25) is 0 Å². The summed E-state index contributed by atoms with van der Waals surface area (Å²) in [7, 11) is -1.53. The van der Waals surface area contributed by atoms with Crippen molar-refractivity contribution in [3.05, 3.63) is 256 Å². The molecule has 0 aromatic heterocycles. The Balaban J connectivity index is -0.000000396. The number of nitrogens with zero attached hydrogens (tertiary/aromatic N) is 3. The van der Waals surface area contributed by atoms with Crippen molar-refractivity contribution in [2.24, 2.45) is 0 Å². The molecule has 0 bridgehead atoms. The summed E-state index contributed by atoms with van der Waals surface area (Å²) in [6.45, 7) is 21.8. The van der Waals surface area contributed by atoms with Gasteiger partial charge in [-0.3, -0.25) is 4.79 Å². The molecule has 0 radical (unpaired) electrons. The Hall–Kier alpha value is -5.13. The van der Waals surface area contributed by atoms with E-state index in [0.29, 0.717) is 39.4 Å². The first-order valence-corrected chi connectivity index (χ1v) is 24.6. The standard InChI is InChI=1S/C19H18P.C9H8FN.C9H6FN.C8H6BrF.C7H4BrFO.C4H9.CN.CH4.BrH.Cu.Li/c1-20(17-11-5-2-6-12-17,18-13-7-3-8-14-18)19-15-9-4-10-16-19;2*1-2-7-5-9(10)4-3-8(7)6-11;1-2-6-5-7(10)3-4-8(6)9;8-7-2-1-6(9)3-5(7)4-10;1-3-4-2;1-2;;;;/h2-16H,1H3;3-5H,2H2,1H3;2-5H,1H2;2-5H,1H2;1-4H;1,3-4H2,2H3;;1H4;1H;;/q+1;;;;;2*-1;;;2*+1/p-1. The van der Waals surface area contributed by atoms with Crippen LogP contribution in [0.2, 0.25) is 0 Å². The maximum absolute atomic E-state index is 12.6. The molecule has 14 heteroatoms. The maximum atomic E-state index is 12.6. The monoisotopic (exact) mass is 1220 g/mol. The molecule has 0 spiro atoms. The van der Waals surface area contributed by atoms with Gasteiger partial charge in [0, 0.05) is 14.5 Å². The van der Waals surface area contributed by atoms with Crippen molar-refractivity contribution in [2.75, 3.05) is 6.66 Å². The van der Waals surface area contributed by atoms with E-state index in [1.807, 2.05) is 19.1 Å². The molecule has 0 aliphatic carbocycles. The summed E-state index contributed by atoms with van der Waals surface area (Å²) in [5, 5.41) is 27.6. The number of aldehydes is 1. The second-order valence-corrected chi connectivity index (χ2v) is 19.1. The van der Waals surface area contributed by atoms with Gasteiger partial charge in [-0.15, -0.1) is 0 Å². The third-order valence-electron chi connectivity index (χ3n) is 9.36. The Bertz CT molecular complexity index is 2590. The fourth-order valence-electron chi connectivity index (χ4n) is 5.67. The molecule has 7 aromatic rings. The molecule has 7 rings (SSSR count). The van der Waals surface area contributed by atoms with Crippen LogP contribution < -0.4 is 51.8 Å². The van der Waals surface area contributed by atoms with Crippen molar-refractivity contribution < 1.29 is 75.3 Å². The molecule has 72 heavy (non-hydrogen) atoms. The zero-order valence-corrected chi connectivity index (χ0v) is 46.3. The number of benzene rings is 7. The van der Waals surface area contributed by atoms with Crippen LogP contribution in [-0.2, 0) is 23.5 Å². The predicted molar refractivity (Wildman–Crippen MR) is 288 cm³/mol. The van der Waals surface area contributed by atoms with Crippen LogP contribution in [0.3, 0.4) is 0 Å². The van der Waals surface area contributed by atoms with Gasteiger partial charge in [-0.2, -0.15) is 16.9 Å². The zero-order valence-electron chi connectivity index (χ0n) is 39.7. The van der Waals surface area contributed by atoms with E-state index in [9.17, 15) is 22.4 Å². The zero-order chi connectivity index (χ0) is 50.9. The van der Waals surface area contributed by atoms with E-state index in [2.05, 4.69) is 157 Å². The number of hydrogen-bond acceptors (Lipinski definition) is 4. The van der Waals surface area contributed by atoms with Crippen molar-refractivity contribution in [3.63, 3.8) is 0 Å². The summed E-state index contributed by atoms with van der Waals surface area (Å²) in [6, 6.07) is 53.2. The van der Waals surface area contributed by atoms with Crippen molar-refractivity contribution in [1.29, 1.82) is 15.8 Å². The summed E-state index contributed by atoms with van der Waals surface area (Å²) in [4.78, 5) is 10.2. The molecular formula is C58H55Br3CuF4LiN3OP. The van der Waals surface area contributed by atoms with Crippen LogP contribution in [0.1, 0.15) is 72.3 Å². The summed E-state index contributed by atoms with van der Waals surface area (Å²) in [5.74, 6) is -1.26. The SMILES string of the molecule is C.C=Cc1cc(F)ccc1Br.C=Cc1cc(F)ccc1C#N.CCc1cc(F)ccc1C#N.C[P+](c1ccccc1)(c1ccccc1)c1ccccc1.O=Cc1cc(F)ccc1Br.[Br-].[C-]#N.[CH2-]CCC.[Cu+].[Li+]. The van der Waals surface area contributed by atoms with Gasteiger partial charge in [-0.1, -0.05) is 139 Å².